The van der Waals surface area contributed by atoms with Crippen LogP contribution in [-0.2, 0) is 0 Å². The molecule has 0 radical (unpaired) electrons. The standard InChI is InChI=1S/C24H26N4O/c1-5-7-23-17(3)11-22(15-26-23)27-18(4)19-8-6-9-21(12-19)28-24(29)20-10-16(2)13-25-14-20/h5-15,18,27H,1-4H3,(H,28,29)/b7-5-. The maximum absolute atomic E-state index is 12.5. The number of nitrogens with zero attached hydrogens (tertiary/aromatic N) is 2. The summed E-state index contributed by atoms with van der Waals surface area (Å²) in [6.45, 7) is 8.03. The van der Waals surface area contributed by atoms with Crippen LogP contribution >= 0.6 is 0 Å². The third kappa shape index (κ3) is 5.29. The zero-order valence-corrected chi connectivity index (χ0v) is 17.2. The van der Waals surface area contributed by atoms with E-state index in [0.29, 0.717) is 5.56 Å². The Bertz CT molecular complexity index is 1040. The molecule has 0 bridgehead atoms. The normalized spacial score (nSPS) is 12.0. The third-order valence-electron chi connectivity index (χ3n) is 4.61. The van der Waals surface area contributed by atoms with Crippen LogP contribution in [0.15, 0.2) is 61.1 Å². The molecule has 0 aliphatic carbocycles. The van der Waals surface area contributed by atoms with Crippen LogP contribution in [0.25, 0.3) is 6.08 Å². The van der Waals surface area contributed by atoms with E-state index in [1.807, 2.05) is 62.5 Å². The second kappa shape index (κ2) is 9.15. The molecule has 0 saturated heterocycles. The lowest BCUT2D eigenvalue weighted by Gasteiger charge is -2.17. The Labute approximate surface area is 171 Å². The molecule has 2 N–H and O–H groups in total. The van der Waals surface area contributed by atoms with Crippen molar-refractivity contribution in [2.75, 3.05) is 10.6 Å². The highest BCUT2D eigenvalue weighted by Gasteiger charge is 2.10. The van der Waals surface area contributed by atoms with E-state index in [0.717, 1.165) is 33.8 Å². The van der Waals surface area contributed by atoms with E-state index in [1.165, 1.54) is 0 Å². The number of nitrogens with one attached hydrogen (secondary N) is 2. The number of carbonyl (C=O) groups is 1. The van der Waals surface area contributed by atoms with E-state index >= 15 is 0 Å². The molecule has 0 saturated carbocycles. The maximum atomic E-state index is 12.5. The van der Waals surface area contributed by atoms with Crippen molar-refractivity contribution in [3.63, 3.8) is 0 Å². The Hall–Kier alpha value is -3.47. The Morgan fingerprint density at radius 1 is 1.07 bits per heavy atom. The number of anilines is 2. The molecule has 1 atom stereocenters. The zero-order chi connectivity index (χ0) is 20.8. The third-order valence-corrected chi connectivity index (χ3v) is 4.61. The summed E-state index contributed by atoms with van der Waals surface area (Å²) in [4.78, 5) is 21.1. The number of aryl methyl sites for hydroxylation is 2. The highest BCUT2D eigenvalue weighted by Crippen LogP contribution is 2.23. The predicted octanol–water partition coefficient (Wildman–Crippen LogP) is 5.55. The summed E-state index contributed by atoms with van der Waals surface area (Å²) in [5.41, 5.74) is 6.37. The molecule has 2 heterocycles. The van der Waals surface area contributed by atoms with Crippen LogP contribution in [0.4, 0.5) is 11.4 Å². The SMILES string of the molecule is C/C=C\c1ncc(NC(C)c2cccc(NC(=O)c3cncc(C)c3)c2)cc1C. The van der Waals surface area contributed by atoms with Gasteiger partial charge in [0.2, 0.25) is 0 Å². The smallest absolute Gasteiger partial charge is 0.257 e. The van der Waals surface area contributed by atoms with Gasteiger partial charge in [0.15, 0.2) is 0 Å². The second-order valence-corrected chi connectivity index (χ2v) is 7.12. The fourth-order valence-electron chi connectivity index (χ4n) is 3.10. The van der Waals surface area contributed by atoms with Crippen molar-refractivity contribution in [1.82, 2.24) is 9.97 Å². The lowest BCUT2D eigenvalue weighted by atomic mass is 10.1. The van der Waals surface area contributed by atoms with Crippen molar-refractivity contribution in [3.8, 4) is 0 Å². The molecule has 1 aromatic carbocycles. The summed E-state index contributed by atoms with van der Waals surface area (Å²) in [6, 6.07) is 11.8. The number of benzene rings is 1. The van der Waals surface area contributed by atoms with Gasteiger partial charge < -0.3 is 10.6 Å². The first-order valence-corrected chi connectivity index (χ1v) is 9.65. The molecule has 0 aliphatic rings. The van der Waals surface area contributed by atoms with E-state index in [9.17, 15) is 4.79 Å². The molecule has 5 nitrogen and oxygen atoms in total. The molecule has 0 fully saturated rings. The second-order valence-electron chi connectivity index (χ2n) is 7.12. The van der Waals surface area contributed by atoms with Gasteiger partial charge in [0, 0.05) is 24.1 Å². The van der Waals surface area contributed by atoms with Crippen molar-refractivity contribution in [2.24, 2.45) is 0 Å². The summed E-state index contributed by atoms with van der Waals surface area (Å²) in [5, 5.41) is 6.43. The number of hydrogen-bond acceptors (Lipinski definition) is 4. The summed E-state index contributed by atoms with van der Waals surface area (Å²) in [7, 11) is 0. The van der Waals surface area contributed by atoms with Gasteiger partial charge in [-0.1, -0.05) is 18.2 Å². The van der Waals surface area contributed by atoms with Crippen molar-refractivity contribution in [3.05, 3.63) is 89.0 Å². The zero-order valence-electron chi connectivity index (χ0n) is 17.2. The van der Waals surface area contributed by atoms with Crippen LogP contribution < -0.4 is 10.6 Å². The highest BCUT2D eigenvalue weighted by molar-refractivity contribution is 6.04. The molecular formula is C24H26N4O. The fraction of sp³-hybridized carbons (Fsp3) is 0.208. The van der Waals surface area contributed by atoms with Crippen molar-refractivity contribution >= 4 is 23.4 Å². The molecule has 29 heavy (non-hydrogen) atoms. The van der Waals surface area contributed by atoms with E-state index in [1.54, 1.807) is 12.4 Å². The van der Waals surface area contributed by atoms with Crippen LogP contribution in [0.5, 0.6) is 0 Å². The van der Waals surface area contributed by atoms with E-state index < -0.39 is 0 Å². The molecule has 148 valence electrons. The van der Waals surface area contributed by atoms with Crippen LogP contribution in [0.1, 0.15) is 52.6 Å². The van der Waals surface area contributed by atoms with Crippen LogP contribution in [0.3, 0.4) is 0 Å². The molecule has 0 aliphatic heterocycles. The molecule has 0 spiro atoms. The number of carbonyl (C=O) groups excluding carboxylic acids is 1. The summed E-state index contributed by atoms with van der Waals surface area (Å²) in [6.07, 6.45) is 9.13. The summed E-state index contributed by atoms with van der Waals surface area (Å²) in [5.74, 6) is -0.168. The van der Waals surface area contributed by atoms with Gasteiger partial charge in [-0.05, 0) is 74.7 Å². The van der Waals surface area contributed by atoms with Gasteiger partial charge in [0.25, 0.3) is 5.91 Å². The van der Waals surface area contributed by atoms with Gasteiger partial charge in [-0.2, -0.15) is 0 Å². The van der Waals surface area contributed by atoms with Crippen molar-refractivity contribution < 1.29 is 4.79 Å². The quantitative estimate of drug-likeness (QED) is 0.583. The van der Waals surface area contributed by atoms with Gasteiger partial charge in [-0.25, -0.2) is 0 Å². The lowest BCUT2D eigenvalue weighted by Crippen LogP contribution is -2.13. The Balaban J connectivity index is 1.71. The first-order chi connectivity index (χ1) is 14.0. The molecule has 2 aromatic heterocycles. The van der Waals surface area contributed by atoms with Crippen LogP contribution in [0, 0.1) is 13.8 Å². The number of aromatic nitrogens is 2. The summed E-state index contributed by atoms with van der Waals surface area (Å²) >= 11 is 0. The van der Waals surface area contributed by atoms with E-state index in [2.05, 4.69) is 40.5 Å². The van der Waals surface area contributed by atoms with Gasteiger partial charge in [0.05, 0.1) is 23.1 Å². The monoisotopic (exact) mass is 386 g/mol. The topological polar surface area (TPSA) is 66.9 Å². The van der Waals surface area contributed by atoms with Gasteiger partial charge >= 0.3 is 0 Å². The van der Waals surface area contributed by atoms with Crippen LogP contribution in [-0.4, -0.2) is 15.9 Å². The first-order valence-electron chi connectivity index (χ1n) is 9.65. The average Bonchev–Trinajstić information content (AvgIpc) is 2.70. The fourth-order valence-corrected chi connectivity index (χ4v) is 3.10. The average molecular weight is 386 g/mol. The van der Waals surface area contributed by atoms with Crippen LogP contribution in [0.2, 0.25) is 0 Å². The molecular weight excluding hydrogens is 360 g/mol. The largest absolute Gasteiger partial charge is 0.377 e. The maximum Gasteiger partial charge on any atom is 0.257 e. The van der Waals surface area contributed by atoms with Crippen molar-refractivity contribution in [1.29, 1.82) is 0 Å². The number of pyridine rings is 2. The van der Waals surface area contributed by atoms with Crippen molar-refractivity contribution in [2.45, 2.75) is 33.7 Å². The van der Waals surface area contributed by atoms with Gasteiger partial charge in [-0.15, -0.1) is 0 Å². The molecule has 3 aromatic rings. The minimum Gasteiger partial charge on any atom is -0.377 e. The predicted molar refractivity (Wildman–Crippen MR) is 119 cm³/mol. The van der Waals surface area contributed by atoms with Gasteiger partial charge in [-0.3, -0.25) is 14.8 Å². The minimum absolute atomic E-state index is 0.0567. The molecule has 1 unspecified atom stereocenters. The first kappa shape index (κ1) is 20.3. The molecule has 3 rings (SSSR count). The number of rotatable bonds is 6. The van der Waals surface area contributed by atoms with E-state index in [4.69, 9.17) is 0 Å². The Morgan fingerprint density at radius 2 is 1.90 bits per heavy atom. The number of amides is 1. The van der Waals surface area contributed by atoms with Gasteiger partial charge in [0.1, 0.15) is 0 Å². The number of allylic oxidation sites excluding steroid dienone is 1. The molecule has 1 amide bonds. The molecule has 5 heteroatoms. The highest BCUT2D eigenvalue weighted by atomic mass is 16.1. The van der Waals surface area contributed by atoms with E-state index in [-0.39, 0.29) is 11.9 Å². The lowest BCUT2D eigenvalue weighted by molar-refractivity contribution is 0.102. The Kier molecular flexibility index (Phi) is 6.39. The minimum atomic E-state index is -0.168. The number of hydrogen-bond donors (Lipinski definition) is 2. The summed E-state index contributed by atoms with van der Waals surface area (Å²) < 4.78 is 0. The Morgan fingerprint density at radius 3 is 2.62 bits per heavy atom.